The minimum absolute atomic E-state index is 1.11. The molecule has 184 valence electrons. The fraction of sp³-hybridized carbons (Fsp3) is 0.0526. The molecule has 8 rings (SSSR count). The highest BCUT2D eigenvalue weighted by Crippen LogP contribution is 2.45. The van der Waals surface area contributed by atoms with E-state index in [1.165, 1.54) is 75.1 Å². The second-order valence-corrected chi connectivity index (χ2v) is 11.5. The lowest BCUT2D eigenvalue weighted by Gasteiger charge is -2.18. The highest BCUT2D eigenvalue weighted by atomic mass is 32.1. The first-order valence-electron chi connectivity index (χ1n) is 13.7. The van der Waals surface area contributed by atoms with Gasteiger partial charge in [-0.05, 0) is 92.0 Å². The fourth-order valence-corrected chi connectivity index (χ4v) is 7.40. The molecule has 0 N–H and O–H groups in total. The first-order chi connectivity index (χ1) is 19.3. The van der Waals surface area contributed by atoms with Crippen LogP contribution in [0.3, 0.4) is 0 Å². The Bertz CT molecular complexity index is 2060. The van der Waals surface area contributed by atoms with Gasteiger partial charge in [-0.2, -0.15) is 0 Å². The maximum absolute atomic E-state index is 2.41. The van der Waals surface area contributed by atoms with Gasteiger partial charge >= 0.3 is 0 Å². The topological polar surface area (TPSA) is 0 Å². The Morgan fingerprint density at radius 2 is 1.03 bits per heavy atom. The smallest absolute Gasteiger partial charge is 0.0355 e. The van der Waals surface area contributed by atoms with Crippen LogP contribution in [0.4, 0.5) is 0 Å². The van der Waals surface area contributed by atoms with E-state index in [1.807, 2.05) is 11.3 Å². The van der Waals surface area contributed by atoms with Crippen LogP contribution in [0.15, 0.2) is 133 Å². The lowest BCUT2D eigenvalue weighted by atomic mass is 9.85. The average molecular weight is 515 g/mol. The summed E-state index contributed by atoms with van der Waals surface area (Å²) in [4.78, 5) is 0. The van der Waals surface area contributed by atoms with Crippen LogP contribution >= 0.6 is 11.3 Å². The summed E-state index contributed by atoms with van der Waals surface area (Å²) in [5, 5.41) is 7.87. The summed E-state index contributed by atoms with van der Waals surface area (Å²) < 4.78 is 2.69. The Kier molecular flexibility index (Phi) is 5.24. The Labute approximate surface area is 232 Å². The minimum atomic E-state index is 1.11. The van der Waals surface area contributed by atoms with Crippen molar-refractivity contribution in [1.82, 2.24) is 0 Å². The number of thiophene rings is 1. The molecular formula is C38H26S. The molecule has 0 atom stereocenters. The molecule has 0 aliphatic heterocycles. The molecule has 0 fully saturated rings. The molecule has 0 nitrogen and oxygen atoms in total. The maximum atomic E-state index is 2.41. The SMILES string of the molecule is C1=CC(c2cccc(-c3c4ccccc4c(-c4ccc5sc6ccccc6c5c4)c4ccccc34)c2)=CCC1. The van der Waals surface area contributed by atoms with Crippen molar-refractivity contribution >= 4 is 58.6 Å². The summed E-state index contributed by atoms with van der Waals surface area (Å²) in [6, 6.07) is 42.8. The van der Waals surface area contributed by atoms with Gasteiger partial charge in [0.25, 0.3) is 0 Å². The van der Waals surface area contributed by atoms with Gasteiger partial charge < -0.3 is 0 Å². The first kappa shape index (κ1) is 22.5. The predicted molar refractivity (Wildman–Crippen MR) is 172 cm³/mol. The van der Waals surface area contributed by atoms with E-state index in [9.17, 15) is 0 Å². The molecule has 0 saturated heterocycles. The van der Waals surface area contributed by atoms with Crippen LogP contribution < -0.4 is 0 Å². The van der Waals surface area contributed by atoms with E-state index in [1.54, 1.807) is 0 Å². The van der Waals surface area contributed by atoms with E-state index in [0.717, 1.165) is 12.8 Å². The van der Waals surface area contributed by atoms with Crippen LogP contribution in [-0.4, -0.2) is 0 Å². The van der Waals surface area contributed by atoms with Crippen molar-refractivity contribution < 1.29 is 0 Å². The van der Waals surface area contributed by atoms with Crippen molar-refractivity contribution in [3.63, 3.8) is 0 Å². The van der Waals surface area contributed by atoms with Crippen molar-refractivity contribution in [3.05, 3.63) is 139 Å². The third kappa shape index (κ3) is 3.66. The number of hydrogen-bond acceptors (Lipinski definition) is 1. The molecule has 0 spiro atoms. The monoisotopic (exact) mass is 514 g/mol. The van der Waals surface area contributed by atoms with Crippen molar-refractivity contribution in [2.45, 2.75) is 12.8 Å². The summed E-state index contributed by atoms with van der Waals surface area (Å²) in [6.07, 6.45) is 9.16. The van der Waals surface area contributed by atoms with E-state index in [4.69, 9.17) is 0 Å². The van der Waals surface area contributed by atoms with Crippen LogP contribution in [0, 0.1) is 0 Å². The second kappa shape index (κ2) is 9.08. The van der Waals surface area contributed by atoms with Crippen LogP contribution in [0.1, 0.15) is 18.4 Å². The molecule has 1 heterocycles. The summed E-state index contributed by atoms with van der Waals surface area (Å²) in [5.41, 5.74) is 7.78. The maximum Gasteiger partial charge on any atom is 0.0355 e. The van der Waals surface area contributed by atoms with Crippen LogP contribution in [0.25, 0.3) is 69.5 Å². The Morgan fingerprint density at radius 1 is 0.436 bits per heavy atom. The Morgan fingerprint density at radius 3 is 1.69 bits per heavy atom. The van der Waals surface area contributed by atoms with Crippen LogP contribution in [0.5, 0.6) is 0 Å². The minimum Gasteiger partial charge on any atom is -0.135 e. The molecular weight excluding hydrogens is 488 g/mol. The highest BCUT2D eigenvalue weighted by Gasteiger charge is 2.18. The average Bonchev–Trinajstić information content (AvgIpc) is 3.38. The van der Waals surface area contributed by atoms with Crippen molar-refractivity contribution in [2.24, 2.45) is 0 Å². The standard InChI is InChI=1S/C38H26S/c1-2-11-25(12-3-1)26-13-10-14-27(23-26)37-30-16-4-6-18-32(30)38(33-19-7-5-17-31(33)37)28-21-22-36-34(24-28)29-15-8-9-20-35(29)39-36/h2,4-24H,1,3H2. The highest BCUT2D eigenvalue weighted by molar-refractivity contribution is 7.25. The third-order valence-corrected chi connectivity index (χ3v) is 9.23. The molecule has 7 aromatic rings. The van der Waals surface area contributed by atoms with Gasteiger partial charge in [0.2, 0.25) is 0 Å². The number of allylic oxidation sites excluding steroid dienone is 4. The first-order valence-corrected chi connectivity index (χ1v) is 14.5. The zero-order chi connectivity index (χ0) is 25.8. The lowest BCUT2D eigenvalue weighted by molar-refractivity contribution is 1.04. The zero-order valence-electron chi connectivity index (χ0n) is 21.5. The van der Waals surface area contributed by atoms with Crippen molar-refractivity contribution in [2.75, 3.05) is 0 Å². The normalized spacial score (nSPS) is 13.5. The Balaban J connectivity index is 1.43. The van der Waals surface area contributed by atoms with Gasteiger partial charge in [-0.15, -0.1) is 11.3 Å². The van der Waals surface area contributed by atoms with Gasteiger partial charge in [0, 0.05) is 20.2 Å². The van der Waals surface area contributed by atoms with Crippen LogP contribution in [0.2, 0.25) is 0 Å². The molecule has 1 aromatic heterocycles. The molecule has 1 aliphatic carbocycles. The number of hydrogen-bond donors (Lipinski definition) is 0. The van der Waals surface area contributed by atoms with Crippen molar-refractivity contribution in [1.29, 1.82) is 0 Å². The summed E-state index contributed by atoms with van der Waals surface area (Å²) >= 11 is 1.88. The van der Waals surface area contributed by atoms with Gasteiger partial charge in [-0.1, -0.05) is 109 Å². The summed E-state index contributed by atoms with van der Waals surface area (Å²) in [7, 11) is 0. The number of benzene rings is 6. The summed E-state index contributed by atoms with van der Waals surface area (Å²) in [6.45, 7) is 0. The lowest BCUT2D eigenvalue weighted by Crippen LogP contribution is -1.92. The second-order valence-electron chi connectivity index (χ2n) is 10.4. The largest absolute Gasteiger partial charge is 0.135 e. The van der Waals surface area contributed by atoms with Gasteiger partial charge in [-0.25, -0.2) is 0 Å². The molecule has 39 heavy (non-hydrogen) atoms. The molecule has 6 aromatic carbocycles. The molecule has 0 saturated carbocycles. The van der Waals surface area contributed by atoms with E-state index in [-0.39, 0.29) is 0 Å². The third-order valence-electron chi connectivity index (χ3n) is 8.08. The van der Waals surface area contributed by atoms with Crippen molar-refractivity contribution in [3.8, 4) is 22.3 Å². The quantitative estimate of drug-likeness (QED) is 0.206. The van der Waals surface area contributed by atoms with E-state index in [2.05, 4.69) is 133 Å². The number of rotatable bonds is 3. The molecule has 1 aliphatic rings. The molecule has 0 unspecified atom stereocenters. The molecule has 0 radical (unpaired) electrons. The predicted octanol–water partition coefficient (Wildman–Crippen LogP) is 11.4. The molecule has 1 heteroatoms. The zero-order valence-corrected chi connectivity index (χ0v) is 22.3. The summed E-state index contributed by atoms with van der Waals surface area (Å²) in [5.74, 6) is 0. The molecule has 0 bridgehead atoms. The van der Waals surface area contributed by atoms with E-state index < -0.39 is 0 Å². The van der Waals surface area contributed by atoms with Gasteiger partial charge in [0.1, 0.15) is 0 Å². The number of fused-ring (bicyclic) bond motifs is 5. The van der Waals surface area contributed by atoms with Gasteiger partial charge in [0.15, 0.2) is 0 Å². The van der Waals surface area contributed by atoms with Gasteiger partial charge in [0.05, 0.1) is 0 Å². The Hall–Kier alpha value is -4.46. The fourth-order valence-electron chi connectivity index (χ4n) is 6.31. The van der Waals surface area contributed by atoms with Gasteiger partial charge in [-0.3, -0.25) is 0 Å². The van der Waals surface area contributed by atoms with Crippen LogP contribution in [-0.2, 0) is 0 Å². The molecule has 0 amide bonds. The van der Waals surface area contributed by atoms with E-state index in [0.29, 0.717) is 0 Å². The van der Waals surface area contributed by atoms with E-state index >= 15 is 0 Å².